The fourth-order valence-corrected chi connectivity index (χ4v) is 3.22. The molecule has 0 aromatic carbocycles. The summed E-state index contributed by atoms with van der Waals surface area (Å²) < 4.78 is 0. The number of piperidine rings is 1. The van der Waals surface area contributed by atoms with Gasteiger partial charge in [0.1, 0.15) is 5.69 Å². The van der Waals surface area contributed by atoms with Crippen LogP contribution in [0, 0.1) is 12.8 Å². The molecule has 0 spiro atoms. The minimum absolute atomic E-state index is 0.352. The second kappa shape index (κ2) is 5.48. The first-order chi connectivity index (χ1) is 10.0. The minimum atomic E-state index is -0.467. The molecule has 0 unspecified atom stereocenters. The van der Waals surface area contributed by atoms with Gasteiger partial charge in [0, 0.05) is 19.3 Å². The zero-order valence-electron chi connectivity index (χ0n) is 12.6. The van der Waals surface area contributed by atoms with Gasteiger partial charge in [0.05, 0.1) is 11.0 Å². The number of fused-ring (bicyclic) bond motifs is 1. The number of amides is 1. The van der Waals surface area contributed by atoms with Crippen LogP contribution in [0.3, 0.4) is 0 Å². The average Bonchev–Trinajstić information content (AvgIpc) is 2.81. The first kappa shape index (κ1) is 14.1. The van der Waals surface area contributed by atoms with Gasteiger partial charge in [-0.3, -0.25) is 9.69 Å². The fraction of sp³-hybridized carbons (Fsp3) is 0.500. The third-order valence-corrected chi connectivity index (χ3v) is 4.30. The van der Waals surface area contributed by atoms with E-state index in [0.717, 1.165) is 47.7 Å². The highest BCUT2D eigenvalue weighted by Gasteiger charge is 2.19. The van der Waals surface area contributed by atoms with Crippen molar-refractivity contribution in [2.75, 3.05) is 13.1 Å². The second-order valence-corrected chi connectivity index (χ2v) is 6.21. The largest absolute Gasteiger partial charge is 0.364 e. The maximum absolute atomic E-state index is 11.5. The van der Waals surface area contributed by atoms with Crippen LogP contribution >= 0.6 is 0 Å². The molecule has 1 amide bonds. The van der Waals surface area contributed by atoms with Gasteiger partial charge in [0.15, 0.2) is 0 Å². The first-order valence-electron chi connectivity index (χ1n) is 7.54. The molecule has 2 aromatic rings. The smallest absolute Gasteiger partial charge is 0.267 e. The van der Waals surface area contributed by atoms with Crippen molar-refractivity contribution in [1.29, 1.82) is 0 Å². The summed E-state index contributed by atoms with van der Waals surface area (Å²) in [6, 6.07) is 1.83. The van der Waals surface area contributed by atoms with Crippen LogP contribution in [-0.4, -0.2) is 33.9 Å². The van der Waals surface area contributed by atoms with E-state index in [1.54, 1.807) is 0 Å². The number of pyridine rings is 1. The molecule has 5 heteroatoms. The summed E-state index contributed by atoms with van der Waals surface area (Å²) in [6.45, 7) is 7.34. The zero-order valence-corrected chi connectivity index (χ0v) is 12.6. The van der Waals surface area contributed by atoms with Crippen molar-refractivity contribution in [2.45, 2.75) is 33.2 Å². The molecule has 1 atom stereocenters. The average molecular weight is 286 g/mol. The van der Waals surface area contributed by atoms with Crippen molar-refractivity contribution < 1.29 is 4.79 Å². The van der Waals surface area contributed by atoms with E-state index in [1.165, 1.54) is 12.8 Å². The number of primary amides is 1. The maximum Gasteiger partial charge on any atom is 0.267 e. The summed E-state index contributed by atoms with van der Waals surface area (Å²) in [5.41, 5.74) is 9.80. The van der Waals surface area contributed by atoms with Gasteiger partial charge in [-0.15, -0.1) is 0 Å². The van der Waals surface area contributed by atoms with E-state index >= 15 is 0 Å². The van der Waals surface area contributed by atoms with Crippen LogP contribution in [0.25, 0.3) is 11.0 Å². The monoisotopic (exact) mass is 286 g/mol. The predicted octanol–water partition coefficient (Wildman–Crippen LogP) is 2.20. The number of carbonyl (C=O) groups excluding carboxylic acids is 1. The number of H-pyrrole nitrogens is 1. The van der Waals surface area contributed by atoms with Crippen molar-refractivity contribution >= 4 is 16.9 Å². The van der Waals surface area contributed by atoms with E-state index in [9.17, 15) is 4.79 Å². The van der Waals surface area contributed by atoms with Gasteiger partial charge < -0.3 is 10.7 Å². The summed E-state index contributed by atoms with van der Waals surface area (Å²) in [5, 5.41) is 0. The Hall–Kier alpha value is -1.88. The molecular weight excluding hydrogens is 264 g/mol. The second-order valence-electron chi connectivity index (χ2n) is 6.21. The van der Waals surface area contributed by atoms with Gasteiger partial charge in [-0.1, -0.05) is 6.92 Å². The number of aryl methyl sites for hydroxylation is 1. The first-order valence-corrected chi connectivity index (χ1v) is 7.54. The van der Waals surface area contributed by atoms with Crippen LogP contribution in [-0.2, 0) is 6.54 Å². The number of aromatic nitrogens is 2. The van der Waals surface area contributed by atoms with E-state index in [4.69, 9.17) is 5.73 Å². The van der Waals surface area contributed by atoms with Crippen molar-refractivity contribution in [1.82, 2.24) is 14.9 Å². The van der Waals surface area contributed by atoms with Gasteiger partial charge in [0.2, 0.25) is 0 Å². The third kappa shape index (κ3) is 2.78. The van der Waals surface area contributed by atoms with Crippen molar-refractivity contribution in [3.8, 4) is 0 Å². The molecular formula is C16H22N4O. The lowest BCUT2D eigenvalue weighted by Gasteiger charge is -2.31. The van der Waals surface area contributed by atoms with Crippen molar-refractivity contribution in [2.24, 2.45) is 11.7 Å². The molecule has 3 rings (SSSR count). The molecule has 0 bridgehead atoms. The van der Waals surface area contributed by atoms with Crippen molar-refractivity contribution in [3.63, 3.8) is 0 Å². The van der Waals surface area contributed by atoms with Crippen molar-refractivity contribution in [3.05, 3.63) is 29.1 Å². The van der Waals surface area contributed by atoms with E-state index < -0.39 is 5.91 Å². The standard InChI is InChI=1S/C16H22N4O/c1-10-4-3-5-20(8-10)9-12-6-13(16(17)21)19-14-11(2)7-18-15(12)14/h6-7,10,18H,3-5,8-9H2,1-2H3,(H2,17,21)/t10-/m0/s1. The molecule has 0 aliphatic carbocycles. The summed E-state index contributed by atoms with van der Waals surface area (Å²) >= 11 is 0. The summed E-state index contributed by atoms with van der Waals surface area (Å²) in [4.78, 5) is 21.6. The van der Waals surface area contributed by atoms with Gasteiger partial charge >= 0.3 is 0 Å². The fourth-order valence-electron chi connectivity index (χ4n) is 3.22. The normalized spacial score (nSPS) is 20.0. The Labute approximate surface area is 124 Å². The summed E-state index contributed by atoms with van der Waals surface area (Å²) in [6.07, 6.45) is 4.48. The highest BCUT2D eigenvalue weighted by atomic mass is 16.1. The predicted molar refractivity (Wildman–Crippen MR) is 83.0 cm³/mol. The van der Waals surface area contributed by atoms with E-state index in [1.807, 2.05) is 19.2 Å². The van der Waals surface area contributed by atoms with E-state index in [2.05, 4.69) is 21.8 Å². The molecule has 1 fully saturated rings. The van der Waals surface area contributed by atoms with Gasteiger partial charge in [-0.2, -0.15) is 0 Å². The molecule has 3 heterocycles. The topological polar surface area (TPSA) is 75.0 Å². The molecule has 21 heavy (non-hydrogen) atoms. The molecule has 2 aromatic heterocycles. The Morgan fingerprint density at radius 3 is 3.10 bits per heavy atom. The quantitative estimate of drug-likeness (QED) is 0.908. The SMILES string of the molecule is Cc1c[nH]c2c(CN3CCC[C@H](C)C3)cc(C(N)=O)nc12. The number of nitrogens with zero attached hydrogens (tertiary/aromatic N) is 2. The lowest BCUT2D eigenvalue weighted by molar-refractivity contribution is 0.0995. The Morgan fingerprint density at radius 1 is 1.57 bits per heavy atom. The zero-order chi connectivity index (χ0) is 15.0. The Morgan fingerprint density at radius 2 is 2.38 bits per heavy atom. The molecule has 5 nitrogen and oxygen atoms in total. The van der Waals surface area contributed by atoms with E-state index in [0.29, 0.717) is 5.69 Å². The minimum Gasteiger partial charge on any atom is -0.364 e. The van der Waals surface area contributed by atoms with Crippen LogP contribution in [0.2, 0.25) is 0 Å². The third-order valence-electron chi connectivity index (χ3n) is 4.30. The van der Waals surface area contributed by atoms with Crippen LogP contribution < -0.4 is 5.73 Å². The van der Waals surface area contributed by atoms with Gasteiger partial charge in [-0.05, 0) is 49.4 Å². The van der Waals surface area contributed by atoms with E-state index in [-0.39, 0.29) is 0 Å². The molecule has 0 radical (unpaired) electrons. The highest BCUT2D eigenvalue weighted by molar-refractivity contribution is 5.94. The number of rotatable bonds is 3. The molecule has 1 saturated heterocycles. The molecule has 0 saturated carbocycles. The van der Waals surface area contributed by atoms with Crippen LogP contribution in [0.15, 0.2) is 12.3 Å². The Balaban J connectivity index is 1.98. The number of aromatic amines is 1. The summed E-state index contributed by atoms with van der Waals surface area (Å²) in [7, 11) is 0. The molecule has 112 valence electrons. The van der Waals surface area contributed by atoms with Crippen LogP contribution in [0.1, 0.15) is 41.4 Å². The molecule has 3 N–H and O–H groups in total. The number of nitrogens with two attached hydrogens (primary N) is 1. The summed E-state index contributed by atoms with van der Waals surface area (Å²) in [5.74, 6) is 0.267. The number of hydrogen-bond donors (Lipinski definition) is 2. The lowest BCUT2D eigenvalue weighted by atomic mass is 9.99. The number of nitrogens with one attached hydrogen (secondary N) is 1. The maximum atomic E-state index is 11.5. The van der Waals surface area contributed by atoms with Gasteiger partial charge in [0.25, 0.3) is 5.91 Å². The van der Waals surface area contributed by atoms with Crippen LogP contribution in [0.4, 0.5) is 0 Å². The van der Waals surface area contributed by atoms with Crippen LogP contribution in [0.5, 0.6) is 0 Å². The molecule has 1 aliphatic heterocycles. The molecule has 1 aliphatic rings. The number of carbonyl (C=O) groups is 1. The lowest BCUT2D eigenvalue weighted by Crippen LogP contribution is -2.33. The number of hydrogen-bond acceptors (Lipinski definition) is 3. The Kier molecular flexibility index (Phi) is 3.68. The Bertz CT molecular complexity index is 676. The van der Waals surface area contributed by atoms with Gasteiger partial charge in [-0.25, -0.2) is 4.98 Å². The highest BCUT2D eigenvalue weighted by Crippen LogP contribution is 2.24. The number of likely N-dealkylation sites (tertiary alicyclic amines) is 1.